The van der Waals surface area contributed by atoms with E-state index in [0.717, 1.165) is 16.7 Å². The lowest BCUT2D eigenvalue weighted by molar-refractivity contribution is -0.123. The molecule has 1 aliphatic heterocycles. The molecular weight excluding hydrogens is 519 g/mol. The molecule has 0 atom stereocenters. The lowest BCUT2D eigenvalue weighted by Crippen LogP contribution is -2.27. The Morgan fingerprint density at radius 2 is 1.81 bits per heavy atom. The van der Waals surface area contributed by atoms with Crippen LogP contribution in [0.5, 0.6) is 11.5 Å². The van der Waals surface area contributed by atoms with Crippen LogP contribution in [0.2, 0.25) is 5.02 Å². The van der Waals surface area contributed by atoms with Crippen molar-refractivity contribution in [2.75, 3.05) is 18.5 Å². The summed E-state index contributed by atoms with van der Waals surface area (Å²) in [4.78, 5) is 38.8. The maximum absolute atomic E-state index is 14.0. The van der Waals surface area contributed by atoms with E-state index < -0.39 is 17.0 Å². The van der Waals surface area contributed by atoms with E-state index in [0.29, 0.717) is 17.9 Å². The highest BCUT2D eigenvalue weighted by Gasteiger charge is 2.35. The maximum Gasteiger partial charge on any atom is 0.293 e. The zero-order valence-electron chi connectivity index (χ0n) is 19.7. The molecule has 1 fully saturated rings. The number of anilines is 1. The number of halogens is 2. The number of imide groups is 1. The van der Waals surface area contributed by atoms with Crippen LogP contribution < -0.4 is 14.8 Å². The standard InChI is InChI=1S/C27H22ClFN2O5S/c1-2-35-22-13-17(12-20(28)25(22)36-16-24(32)30-19-9-4-3-5-10-19)14-23-26(33)31(27(34)37-23)15-18-8-6-7-11-21(18)29/h3-14H,2,15-16H2,1H3,(H,30,32)/b23-14-. The summed E-state index contributed by atoms with van der Waals surface area (Å²) in [6.45, 7) is 1.60. The average molecular weight is 541 g/mol. The van der Waals surface area contributed by atoms with Gasteiger partial charge < -0.3 is 14.8 Å². The van der Waals surface area contributed by atoms with Crippen LogP contribution in [0.25, 0.3) is 6.08 Å². The fourth-order valence-electron chi connectivity index (χ4n) is 3.52. The summed E-state index contributed by atoms with van der Waals surface area (Å²) in [5.41, 5.74) is 1.36. The number of benzene rings is 3. The topological polar surface area (TPSA) is 84.9 Å². The summed E-state index contributed by atoms with van der Waals surface area (Å²) < 4.78 is 25.3. The van der Waals surface area contributed by atoms with Crippen molar-refractivity contribution in [1.82, 2.24) is 4.90 Å². The predicted molar refractivity (Wildman–Crippen MR) is 141 cm³/mol. The summed E-state index contributed by atoms with van der Waals surface area (Å²) >= 11 is 7.20. The molecule has 3 aromatic carbocycles. The Labute approximate surface area is 222 Å². The molecule has 1 saturated heterocycles. The molecule has 0 aromatic heterocycles. The molecule has 1 heterocycles. The molecule has 0 spiro atoms. The second-order valence-electron chi connectivity index (χ2n) is 7.83. The molecule has 10 heteroatoms. The average Bonchev–Trinajstić information content (AvgIpc) is 3.13. The Kier molecular flexibility index (Phi) is 8.47. The van der Waals surface area contributed by atoms with Crippen LogP contribution in [0.3, 0.4) is 0 Å². The number of nitrogens with one attached hydrogen (secondary N) is 1. The lowest BCUT2D eigenvalue weighted by Gasteiger charge is -2.15. The SMILES string of the molecule is CCOc1cc(/C=C2\SC(=O)N(Cc3ccccc3F)C2=O)cc(Cl)c1OCC(=O)Nc1ccccc1. The Morgan fingerprint density at radius 1 is 1.08 bits per heavy atom. The van der Waals surface area contributed by atoms with Crippen molar-refractivity contribution in [3.05, 3.63) is 93.6 Å². The van der Waals surface area contributed by atoms with Crippen molar-refractivity contribution in [2.45, 2.75) is 13.5 Å². The van der Waals surface area contributed by atoms with Crippen molar-refractivity contribution >= 4 is 52.2 Å². The van der Waals surface area contributed by atoms with Crippen molar-refractivity contribution in [2.24, 2.45) is 0 Å². The highest BCUT2D eigenvalue weighted by molar-refractivity contribution is 8.18. The minimum atomic E-state index is -0.537. The van der Waals surface area contributed by atoms with Gasteiger partial charge in [0.25, 0.3) is 17.1 Å². The van der Waals surface area contributed by atoms with Crippen LogP contribution in [0, 0.1) is 5.82 Å². The van der Waals surface area contributed by atoms with Gasteiger partial charge in [0.1, 0.15) is 5.82 Å². The molecule has 3 aromatic rings. The molecule has 4 rings (SSSR count). The Bertz CT molecular complexity index is 1370. The normalized spacial score (nSPS) is 14.2. The van der Waals surface area contributed by atoms with E-state index in [9.17, 15) is 18.8 Å². The molecule has 37 heavy (non-hydrogen) atoms. The van der Waals surface area contributed by atoms with Crippen LogP contribution in [0.1, 0.15) is 18.1 Å². The third-order valence-electron chi connectivity index (χ3n) is 5.19. The monoisotopic (exact) mass is 540 g/mol. The van der Waals surface area contributed by atoms with Gasteiger partial charge in [0, 0.05) is 11.3 Å². The number of hydrogen-bond acceptors (Lipinski definition) is 6. The lowest BCUT2D eigenvalue weighted by atomic mass is 10.1. The van der Waals surface area contributed by atoms with E-state index >= 15 is 0 Å². The number of nitrogens with zero attached hydrogens (tertiary/aromatic N) is 1. The number of amides is 3. The van der Waals surface area contributed by atoms with Crippen molar-refractivity contribution < 1.29 is 28.2 Å². The van der Waals surface area contributed by atoms with E-state index in [1.165, 1.54) is 24.3 Å². The second kappa shape index (κ2) is 11.9. The van der Waals surface area contributed by atoms with Gasteiger partial charge in [-0.15, -0.1) is 0 Å². The molecule has 0 bridgehead atoms. The quantitative estimate of drug-likeness (QED) is 0.329. The van der Waals surface area contributed by atoms with E-state index in [2.05, 4.69) is 5.32 Å². The first-order valence-corrected chi connectivity index (χ1v) is 12.5. The first-order valence-electron chi connectivity index (χ1n) is 11.3. The summed E-state index contributed by atoms with van der Waals surface area (Å²) in [6.07, 6.45) is 1.51. The van der Waals surface area contributed by atoms with Gasteiger partial charge in [0.05, 0.1) is 23.1 Å². The van der Waals surface area contributed by atoms with Crippen LogP contribution in [0.4, 0.5) is 14.9 Å². The summed E-state index contributed by atoms with van der Waals surface area (Å²) in [5, 5.41) is 2.38. The third kappa shape index (κ3) is 6.49. The molecule has 0 saturated carbocycles. The number of carbonyl (C=O) groups excluding carboxylic acids is 3. The Hall–Kier alpha value is -3.82. The fraction of sp³-hybridized carbons (Fsp3) is 0.148. The number of para-hydroxylation sites is 1. The minimum Gasteiger partial charge on any atom is -0.490 e. The van der Waals surface area contributed by atoms with E-state index in [-0.39, 0.29) is 46.0 Å². The minimum absolute atomic E-state index is 0.162. The van der Waals surface area contributed by atoms with Crippen molar-refractivity contribution in [1.29, 1.82) is 0 Å². The smallest absolute Gasteiger partial charge is 0.293 e. The summed E-state index contributed by atoms with van der Waals surface area (Å²) in [6, 6.07) is 18.1. The first-order chi connectivity index (χ1) is 17.9. The Morgan fingerprint density at radius 3 is 2.54 bits per heavy atom. The molecule has 0 radical (unpaired) electrons. The maximum atomic E-state index is 14.0. The van der Waals surface area contributed by atoms with Crippen LogP contribution in [-0.4, -0.2) is 35.2 Å². The number of thioether (sulfide) groups is 1. The highest BCUT2D eigenvalue weighted by atomic mass is 35.5. The van der Waals surface area contributed by atoms with Crippen LogP contribution >= 0.6 is 23.4 Å². The van der Waals surface area contributed by atoms with Crippen molar-refractivity contribution in [3.8, 4) is 11.5 Å². The van der Waals surface area contributed by atoms with Gasteiger partial charge >= 0.3 is 0 Å². The number of hydrogen-bond donors (Lipinski definition) is 1. The van der Waals surface area contributed by atoms with Gasteiger partial charge in [-0.05, 0) is 60.7 Å². The molecule has 0 unspecified atom stereocenters. The zero-order chi connectivity index (χ0) is 26.4. The van der Waals surface area contributed by atoms with Gasteiger partial charge in [-0.2, -0.15) is 0 Å². The molecule has 190 valence electrons. The molecule has 7 nitrogen and oxygen atoms in total. The molecular formula is C27H22ClFN2O5S. The fourth-order valence-corrected chi connectivity index (χ4v) is 4.63. The first kappa shape index (κ1) is 26.2. The zero-order valence-corrected chi connectivity index (χ0v) is 21.3. The molecule has 3 amide bonds. The molecule has 1 N–H and O–H groups in total. The second-order valence-corrected chi connectivity index (χ2v) is 9.23. The van der Waals surface area contributed by atoms with Crippen LogP contribution in [0.15, 0.2) is 71.6 Å². The highest BCUT2D eigenvalue weighted by Crippen LogP contribution is 2.39. The van der Waals surface area contributed by atoms with Gasteiger partial charge in [0.15, 0.2) is 18.1 Å². The summed E-state index contributed by atoms with van der Waals surface area (Å²) in [5.74, 6) is -0.954. The third-order valence-corrected chi connectivity index (χ3v) is 6.38. The Balaban J connectivity index is 1.50. The van der Waals surface area contributed by atoms with E-state index in [1.54, 1.807) is 49.4 Å². The predicted octanol–water partition coefficient (Wildman–Crippen LogP) is 6.13. The van der Waals surface area contributed by atoms with Gasteiger partial charge in [0.2, 0.25) is 0 Å². The van der Waals surface area contributed by atoms with Crippen LogP contribution in [-0.2, 0) is 16.1 Å². The number of carbonyl (C=O) groups is 3. The molecule has 1 aliphatic rings. The van der Waals surface area contributed by atoms with Gasteiger partial charge in [-0.1, -0.05) is 48.0 Å². The van der Waals surface area contributed by atoms with Gasteiger partial charge in [-0.3, -0.25) is 19.3 Å². The van der Waals surface area contributed by atoms with Gasteiger partial charge in [-0.25, -0.2) is 4.39 Å². The largest absolute Gasteiger partial charge is 0.490 e. The molecule has 0 aliphatic carbocycles. The number of rotatable bonds is 9. The van der Waals surface area contributed by atoms with E-state index in [4.69, 9.17) is 21.1 Å². The van der Waals surface area contributed by atoms with E-state index in [1.807, 2.05) is 6.07 Å². The van der Waals surface area contributed by atoms with Crippen molar-refractivity contribution in [3.63, 3.8) is 0 Å². The number of ether oxygens (including phenoxy) is 2. The summed E-state index contributed by atoms with van der Waals surface area (Å²) in [7, 11) is 0.